The van der Waals surface area contributed by atoms with Crippen molar-refractivity contribution in [2.75, 3.05) is 13.2 Å². The normalized spacial score (nSPS) is 12.0. The third kappa shape index (κ3) is 5.61. The van der Waals surface area contributed by atoms with Gasteiger partial charge in [0, 0.05) is 6.54 Å². The molecule has 4 nitrogen and oxygen atoms in total. The Morgan fingerprint density at radius 3 is 2.60 bits per heavy atom. The third-order valence-electron chi connectivity index (χ3n) is 3.26. The van der Waals surface area contributed by atoms with E-state index in [2.05, 4.69) is 5.32 Å². The molecule has 1 amide bonds. The van der Waals surface area contributed by atoms with E-state index >= 15 is 0 Å². The van der Waals surface area contributed by atoms with E-state index in [0.717, 1.165) is 16.9 Å². The molecule has 0 bridgehead atoms. The number of hydrogen-bond donors (Lipinski definition) is 2. The van der Waals surface area contributed by atoms with Gasteiger partial charge in [-0.3, -0.25) is 4.79 Å². The Morgan fingerprint density at radius 2 is 2.00 bits per heavy atom. The van der Waals surface area contributed by atoms with Gasteiger partial charge in [-0.15, -0.1) is 0 Å². The molecule has 0 heterocycles. The summed E-state index contributed by atoms with van der Waals surface area (Å²) in [6.45, 7) is 6.79. The van der Waals surface area contributed by atoms with Gasteiger partial charge in [0.15, 0.2) is 0 Å². The molecule has 4 heteroatoms. The minimum Gasteiger partial charge on any atom is -0.493 e. The van der Waals surface area contributed by atoms with Crippen LogP contribution < -0.4 is 10.1 Å². The van der Waals surface area contributed by atoms with Crippen molar-refractivity contribution in [2.24, 2.45) is 0 Å². The van der Waals surface area contributed by atoms with Crippen LogP contribution in [0, 0.1) is 13.8 Å². The lowest BCUT2D eigenvalue weighted by Crippen LogP contribution is -2.28. The molecule has 0 saturated heterocycles. The summed E-state index contributed by atoms with van der Waals surface area (Å²) >= 11 is 0. The van der Waals surface area contributed by atoms with Crippen molar-refractivity contribution in [3.8, 4) is 5.75 Å². The standard InChI is InChI=1S/C16H25NO3/c1-4-14(18)8-10-17-15(19)9-11-20-16-12(2)6-5-7-13(16)3/h5-7,14,18H,4,8-11H2,1-3H3,(H,17,19). The van der Waals surface area contributed by atoms with Crippen molar-refractivity contribution in [1.29, 1.82) is 0 Å². The Morgan fingerprint density at radius 1 is 1.35 bits per heavy atom. The molecule has 0 radical (unpaired) electrons. The van der Waals surface area contributed by atoms with E-state index < -0.39 is 0 Å². The van der Waals surface area contributed by atoms with Crippen LogP contribution in [0.5, 0.6) is 5.75 Å². The van der Waals surface area contributed by atoms with Gasteiger partial charge in [-0.25, -0.2) is 0 Å². The maximum atomic E-state index is 11.6. The van der Waals surface area contributed by atoms with Crippen LogP contribution >= 0.6 is 0 Å². The number of aryl methyl sites for hydroxylation is 2. The molecule has 0 aliphatic heterocycles. The first-order valence-corrected chi connectivity index (χ1v) is 7.18. The SMILES string of the molecule is CCC(O)CCNC(=O)CCOc1c(C)cccc1C. The maximum absolute atomic E-state index is 11.6. The summed E-state index contributed by atoms with van der Waals surface area (Å²) in [6, 6.07) is 5.98. The maximum Gasteiger partial charge on any atom is 0.223 e. The number of rotatable bonds is 8. The molecule has 2 N–H and O–H groups in total. The third-order valence-corrected chi connectivity index (χ3v) is 3.26. The summed E-state index contributed by atoms with van der Waals surface area (Å²) in [5, 5.41) is 12.2. The lowest BCUT2D eigenvalue weighted by atomic mass is 10.1. The second kappa shape index (κ2) is 8.59. The van der Waals surface area contributed by atoms with Crippen LogP contribution in [0.4, 0.5) is 0 Å². The number of carbonyl (C=O) groups excluding carboxylic acids is 1. The molecule has 1 aromatic carbocycles. The van der Waals surface area contributed by atoms with Gasteiger partial charge in [-0.1, -0.05) is 25.1 Å². The summed E-state index contributed by atoms with van der Waals surface area (Å²) in [4.78, 5) is 11.6. The molecular formula is C16H25NO3. The van der Waals surface area contributed by atoms with Crippen molar-refractivity contribution in [2.45, 2.75) is 46.1 Å². The smallest absolute Gasteiger partial charge is 0.223 e. The largest absolute Gasteiger partial charge is 0.493 e. The number of aliphatic hydroxyl groups excluding tert-OH is 1. The summed E-state index contributed by atoms with van der Waals surface area (Å²) in [7, 11) is 0. The molecule has 0 fully saturated rings. The van der Waals surface area contributed by atoms with E-state index in [1.165, 1.54) is 0 Å². The summed E-state index contributed by atoms with van der Waals surface area (Å²) in [5.41, 5.74) is 2.16. The van der Waals surface area contributed by atoms with E-state index in [1.54, 1.807) is 0 Å². The second-order valence-corrected chi connectivity index (χ2v) is 5.02. The predicted octanol–water partition coefficient (Wildman–Crippen LogP) is 2.35. The fraction of sp³-hybridized carbons (Fsp3) is 0.562. The van der Waals surface area contributed by atoms with Crippen LogP contribution in [0.1, 0.15) is 37.3 Å². The van der Waals surface area contributed by atoms with Crippen molar-refractivity contribution >= 4 is 5.91 Å². The number of carbonyl (C=O) groups is 1. The molecule has 0 saturated carbocycles. The van der Waals surface area contributed by atoms with Gasteiger partial charge in [0.2, 0.25) is 5.91 Å². The second-order valence-electron chi connectivity index (χ2n) is 5.02. The van der Waals surface area contributed by atoms with Gasteiger partial charge in [-0.05, 0) is 37.8 Å². The van der Waals surface area contributed by atoms with Crippen molar-refractivity contribution < 1.29 is 14.6 Å². The van der Waals surface area contributed by atoms with E-state index in [0.29, 0.717) is 32.4 Å². The highest BCUT2D eigenvalue weighted by Gasteiger charge is 2.06. The minimum absolute atomic E-state index is 0.0421. The molecule has 112 valence electrons. The lowest BCUT2D eigenvalue weighted by molar-refractivity contribution is -0.121. The van der Waals surface area contributed by atoms with Gasteiger partial charge in [0.05, 0.1) is 19.1 Å². The average molecular weight is 279 g/mol. The Bertz CT molecular complexity index is 411. The number of benzene rings is 1. The van der Waals surface area contributed by atoms with Crippen molar-refractivity contribution in [3.63, 3.8) is 0 Å². The van der Waals surface area contributed by atoms with Gasteiger partial charge < -0.3 is 15.2 Å². The van der Waals surface area contributed by atoms with Crippen LogP contribution in [0.2, 0.25) is 0 Å². The Kier molecular flexibility index (Phi) is 7.09. The monoisotopic (exact) mass is 279 g/mol. The molecule has 20 heavy (non-hydrogen) atoms. The van der Waals surface area contributed by atoms with Gasteiger partial charge >= 0.3 is 0 Å². The molecule has 0 spiro atoms. The zero-order valence-corrected chi connectivity index (χ0v) is 12.6. The first kappa shape index (κ1) is 16.5. The van der Waals surface area contributed by atoms with E-state index in [-0.39, 0.29) is 12.0 Å². The molecule has 1 unspecified atom stereocenters. The van der Waals surface area contributed by atoms with Gasteiger partial charge in [-0.2, -0.15) is 0 Å². The summed E-state index contributed by atoms with van der Waals surface area (Å²) in [6.07, 6.45) is 1.31. The molecule has 0 aliphatic rings. The van der Waals surface area contributed by atoms with E-state index in [4.69, 9.17) is 4.74 Å². The number of amides is 1. The van der Waals surface area contributed by atoms with Crippen LogP contribution in [0.25, 0.3) is 0 Å². The Hall–Kier alpha value is -1.55. The summed E-state index contributed by atoms with van der Waals surface area (Å²) < 4.78 is 5.68. The fourth-order valence-corrected chi connectivity index (χ4v) is 1.94. The van der Waals surface area contributed by atoms with Crippen LogP contribution in [-0.4, -0.2) is 30.3 Å². The highest BCUT2D eigenvalue weighted by Crippen LogP contribution is 2.22. The van der Waals surface area contributed by atoms with Gasteiger partial charge in [0.1, 0.15) is 5.75 Å². The molecule has 1 atom stereocenters. The number of nitrogens with one attached hydrogen (secondary N) is 1. The number of ether oxygens (including phenoxy) is 1. The van der Waals surface area contributed by atoms with Crippen LogP contribution in [0.15, 0.2) is 18.2 Å². The highest BCUT2D eigenvalue weighted by atomic mass is 16.5. The lowest BCUT2D eigenvalue weighted by Gasteiger charge is -2.12. The summed E-state index contributed by atoms with van der Waals surface area (Å²) in [5.74, 6) is 0.821. The van der Waals surface area contributed by atoms with E-state index in [9.17, 15) is 9.90 Å². The minimum atomic E-state index is -0.332. The predicted molar refractivity (Wildman–Crippen MR) is 80.0 cm³/mol. The topological polar surface area (TPSA) is 58.6 Å². The van der Waals surface area contributed by atoms with Crippen LogP contribution in [-0.2, 0) is 4.79 Å². The molecule has 0 aromatic heterocycles. The van der Waals surface area contributed by atoms with Gasteiger partial charge in [0.25, 0.3) is 0 Å². The molecule has 0 aliphatic carbocycles. The van der Waals surface area contributed by atoms with Crippen molar-refractivity contribution in [1.82, 2.24) is 5.32 Å². The zero-order valence-electron chi connectivity index (χ0n) is 12.6. The first-order valence-electron chi connectivity index (χ1n) is 7.18. The Labute approximate surface area is 121 Å². The van der Waals surface area contributed by atoms with E-state index in [1.807, 2.05) is 39.0 Å². The average Bonchev–Trinajstić information content (AvgIpc) is 2.42. The number of aliphatic hydroxyl groups is 1. The quantitative estimate of drug-likeness (QED) is 0.768. The first-order chi connectivity index (χ1) is 9.54. The highest BCUT2D eigenvalue weighted by molar-refractivity contribution is 5.75. The number of para-hydroxylation sites is 1. The molecule has 1 rings (SSSR count). The number of hydrogen-bond acceptors (Lipinski definition) is 3. The fourth-order valence-electron chi connectivity index (χ4n) is 1.94. The Balaban J connectivity index is 2.25. The molecule has 1 aromatic rings. The van der Waals surface area contributed by atoms with Crippen molar-refractivity contribution in [3.05, 3.63) is 29.3 Å². The van der Waals surface area contributed by atoms with Crippen LogP contribution in [0.3, 0.4) is 0 Å². The molecular weight excluding hydrogens is 254 g/mol. The zero-order chi connectivity index (χ0) is 15.0.